The fourth-order valence-corrected chi connectivity index (χ4v) is 1.87. The molecule has 0 bridgehead atoms. The number of Topliss-reactive ketones (excluding diaryl/α,β-unsaturated/α-hetero) is 1. The van der Waals surface area contributed by atoms with Crippen molar-refractivity contribution < 1.29 is 4.79 Å². The lowest BCUT2D eigenvalue weighted by atomic mass is 10.1. The van der Waals surface area contributed by atoms with Crippen molar-refractivity contribution in [3.05, 3.63) is 0 Å². The van der Waals surface area contributed by atoms with Crippen LogP contribution in [0.5, 0.6) is 0 Å². The van der Waals surface area contributed by atoms with Crippen molar-refractivity contribution >= 4 is 5.78 Å². The Bertz CT molecular complexity index is 168. The molecule has 1 fully saturated rings. The van der Waals surface area contributed by atoms with Gasteiger partial charge in [0.15, 0.2) is 0 Å². The second kappa shape index (κ2) is 4.01. The van der Waals surface area contributed by atoms with Crippen LogP contribution in [-0.4, -0.2) is 35.9 Å². The summed E-state index contributed by atoms with van der Waals surface area (Å²) >= 11 is 0. The molecule has 2 atom stereocenters. The van der Waals surface area contributed by atoms with Crippen LogP contribution in [0.3, 0.4) is 0 Å². The van der Waals surface area contributed by atoms with E-state index in [0.717, 1.165) is 25.9 Å². The molecule has 0 radical (unpaired) electrons. The Labute approximate surface area is 73.9 Å². The summed E-state index contributed by atoms with van der Waals surface area (Å²) in [4.78, 5) is 13.4. The van der Waals surface area contributed by atoms with Crippen molar-refractivity contribution in [3.63, 3.8) is 0 Å². The molecule has 1 saturated heterocycles. The van der Waals surface area contributed by atoms with Crippen LogP contribution < -0.4 is 5.73 Å². The van der Waals surface area contributed by atoms with E-state index in [4.69, 9.17) is 5.73 Å². The maximum Gasteiger partial charge on any atom is 0.146 e. The monoisotopic (exact) mass is 170 g/mol. The second-order valence-electron chi connectivity index (χ2n) is 3.74. The van der Waals surface area contributed by atoms with Crippen LogP contribution in [-0.2, 0) is 4.79 Å². The molecule has 70 valence electrons. The Morgan fingerprint density at radius 1 is 1.75 bits per heavy atom. The van der Waals surface area contributed by atoms with Gasteiger partial charge in [0.1, 0.15) is 5.78 Å². The van der Waals surface area contributed by atoms with Gasteiger partial charge in [-0.1, -0.05) is 0 Å². The maximum absolute atomic E-state index is 11.2. The summed E-state index contributed by atoms with van der Waals surface area (Å²) in [5, 5.41) is 0. The molecule has 0 aromatic rings. The summed E-state index contributed by atoms with van der Waals surface area (Å²) in [7, 11) is 0. The second-order valence-corrected chi connectivity index (χ2v) is 3.74. The standard InChI is InChI=1S/C9H18N2O/c1-7(10)6-11-5-3-4-9(11)8(2)12/h7,9H,3-6,10H2,1-2H3. The largest absolute Gasteiger partial charge is 0.327 e. The Hall–Kier alpha value is -0.410. The van der Waals surface area contributed by atoms with Gasteiger partial charge >= 0.3 is 0 Å². The summed E-state index contributed by atoms with van der Waals surface area (Å²) in [5.74, 6) is 0.285. The molecule has 3 nitrogen and oxygen atoms in total. The molecule has 1 aliphatic heterocycles. The van der Waals surface area contributed by atoms with Crippen molar-refractivity contribution in [2.45, 2.75) is 38.8 Å². The van der Waals surface area contributed by atoms with Gasteiger partial charge in [0.2, 0.25) is 0 Å². The molecular formula is C9H18N2O. The average molecular weight is 170 g/mol. The Morgan fingerprint density at radius 3 is 2.92 bits per heavy atom. The normalized spacial score (nSPS) is 27.4. The first-order valence-corrected chi connectivity index (χ1v) is 4.61. The molecule has 0 spiro atoms. The topological polar surface area (TPSA) is 46.3 Å². The summed E-state index contributed by atoms with van der Waals surface area (Å²) in [6, 6.07) is 0.320. The fourth-order valence-electron chi connectivity index (χ4n) is 1.87. The zero-order valence-corrected chi connectivity index (χ0v) is 7.92. The minimum atomic E-state index is 0.149. The fraction of sp³-hybridized carbons (Fsp3) is 0.889. The zero-order chi connectivity index (χ0) is 9.14. The van der Waals surface area contributed by atoms with Gasteiger partial charge in [-0.05, 0) is 33.2 Å². The first-order valence-electron chi connectivity index (χ1n) is 4.61. The number of hydrogen-bond acceptors (Lipinski definition) is 3. The third-order valence-corrected chi connectivity index (χ3v) is 2.36. The van der Waals surface area contributed by atoms with Gasteiger partial charge in [0, 0.05) is 12.6 Å². The predicted octanol–water partition coefficient (Wildman–Crippen LogP) is 0.387. The number of hydrogen-bond donors (Lipinski definition) is 1. The summed E-state index contributed by atoms with van der Waals surface area (Å²) in [6.45, 7) is 5.54. The van der Waals surface area contributed by atoms with Crippen LogP contribution in [0.2, 0.25) is 0 Å². The van der Waals surface area contributed by atoms with Crippen molar-refractivity contribution in [2.24, 2.45) is 5.73 Å². The average Bonchev–Trinajstić information content (AvgIpc) is 2.33. The lowest BCUT2D eigenvalue weighted by molar-refractivity contribution is -0.121. The molecule has 0 aromatic heterocycles. The van der Waals surface area contributed by atoms with E-state index >= 15 is 0 Å². The number of nitrogens with two attached hydrogens (primary N) is 1. The summed E-state index contributed by atoms with van der Waals surface area (Å²) in [6.07, 6.45) is 2.15. The van der Waals surface area contributed by atoms with Crippen molar-refractivity contribution in [1.29, 1.82) is 0 Å². The van der Waals surface area contributed by atoms with E-state index < -0.39 is 0 Å². The molecule has 12 heavy (non-hydrogen) atoms. The number of rotatable bonds is 3. The van der Waals surface area contributed by atoms with Crippen LogP contribution in [0.4, 0.5) is 0 Å². The first-order chi connectivity index (χ1) is 5.61. The SMILES string of the molecule is CC(=O)C1CCCN1CC(C)N. The highest BCUT2D eigenvalue weighted by molar-refractivity contribution is 5.81. The van der Waals surface area contributed by atoms with Crippen LogP contribution in [0, 0.1) is 0 Å². The number of likely N-dealkylation sites (tertiary alicyclic amines) is 1. The number of ketones is 1. The summed E-state index contributed by atoms with van der Waals surface area (Å²) < 4.78 is 0. The predicted molar refractivity (Wildman–Crippen MR) is 48.9 cm³/mol. The van der Waals surface area contributed by atoms with E-state index in [1.165, 1.54) is 0 Å². The third-order valence-electron chi connectivity index (χ3n) is 2.36. The molecule has 0 aromatic carbocycles. The van der Waals surface area contributed by atoms with Crippen LogP contribution >= 0.6 is 0 Å². The third kappa shape index (κ3) is 2.29. The lowest BCUT2D eigenvalue weighted by Crippen LogP contribution is -2.41. The van der Waals surface area contributed by atoms with E-state index in [1.54, 1.807) is 6.92 Å². The van der Waals surface area contributed by atoms with Gasteiger partial charge in [-0.25, -0.2) is 0 Å². The van der Waals surface area contributed by atoms with E-state index in [1.807, 2.05) is 6.92 Å². The van der Waals surface area contributed by atoms with Crippen molar-refractivity contribution in [2.75, 3.05) is 13.1 Å². The highest BCUT2D eigenvalue weighted by Gasteiger charge is 2.27. The number of nitrogens with zero attached hydrogens (tertiary/aromatic N) is 1. The quantitative estimate of drug-likeness (QED) is 0.666. The van der Waals surface area contributed by atoms with Crippen molar-refractivity contribution in [3.8, 4) is 0 Å². The van der Waals surface area contributed by atoms with Gasteiger partial charge in [-0.3, -0.25) is 9.69 Å². The lowest BCUT2D eigenvalue weighted by Gasteiger charge is -2.23. The summed E-state index contributed by atoms with van der Waals surface area (Å²) in [5.41, 5.74) is 5.68. The molecule has 0 amide bonds. The smallest absolute Gasteiger partial charge is 0.146 e. The highest BCUT2D eigenvalue weighted by Crippen LogP contribution is 2.17. The van der Waals surface area contributed by atoms with Gasteiger partial charge in [0.25, 0.3) is 0 Å². The molecule has 0 aliphatic carbocycles. The first kappa shape index (κ1) is 9.68. The molecule has 2 N–H and O–H groups in total. The Morgan fingerprint density at radius 2 is 2.42 bits per heavy atom. The Balaban J connectivity index is 2.46. The van der Waals surface area contributed by atoms with E-state index in [0.29, 0.717) is 0 Å². The number of carbonyl (C=O) groups excluding carboxylic acids is 1. The Kier molecular flexibility index (Phi) is 3.23. The number of carbonyl (C=O) groups is 1. The van der Waals surface area contributed by atoms with Gasteiger partial charge in [-0.2, -0.15) is 0 Å². The van der Waals surface area contributed by atoms with E-state index in [-0.39, 0.29) is 17.9 Å². The molecule has 1 rings (SSSR count). The van der Waals surface area contributed by atoms with Gasteiger partial charge in [0.05, 0.1) is 6.04 Å². The maximum atomic E-state index is 11.2. The minimum Gasteiger partial charge on any atom is -0.327 e. The van der Waals surface area contributed by atoms with E-state index in [9.17, 15) is 4.79 Å². The van der Waals surface area contributed by atoms with Gasteiger partial charge in [-0.15, -0.1) is 0 Å². The molecule has 3 heteroatoms. The zero-order valence-electron chi connectivity index (χ0n) is 7.92. The molecular weight excluding hydrogens is 152 g/mol. The molecule has 1 aliphatic rings. The molecule has 0 saturated carbocycles. The van der Waals surface area contributed by atoms with Crippen LogP contribution in [0.15, 0.2) is 0 Å². The van der Waals surface area contributed by atoms with Crippen LogP contribution in [0.25, 0.3) is 0 Å². The van der Waals surface area contributed by atoms with E-state index in [2.05, 4.69) is 4.90 Å². The van der Waals surface area contributed by atoms with Crippen LogP contribution in [0.1, 0.15) is 26.7 Å². The molecule has 2 unspecified atom stereocenters. The minimum absolute atomic E-state index is 0.149. The highest BCUT2D eigenvalue weighted by atomic mass is 16.1. The van der Waals surface area contributed by atoms with Crippen molar-refractivity contribution in [1.82, 2.24) is 4.90 Å². The van der Waals surface area contributed by atoms with Gasteiger partial charge < -0.3 is 5.73 Å². The molecule has 1 heterocycles.